The Labute approximate surface area is 196 Å². The van der Waals surface area contributed by atoms with Gasteiger partial charge in [0.05, 0.1) is 24.4 Å². The summed E-state index contributed by atoms with van der Waals surface area (Å²) in [7, 11) is 0. The van der Waals surface area contributed by atoms with Crippen LogP contribution in [-0.2, 0) is 0 Å². The Morgan fingerprint density at radius 3 is 2.06 bits per heavy atom. The van der Waals surface area contributed by atoms with Crippen LogP contribution in [0.4, 0.5) is 0 Å². The smallest absolute Gasteiger partial charge is 0.0830 e. The number of aliphatic hydroxyl groups excluding tert-OH is 4. The lowest BCUT2D eigenvalue weighted by Crippen LogP contribution is -2.57. The molecule has 0 heterocycles. The first kappa shape index (κ1) is 24.9. The molecule has 0 aromatic rings. The molecule has 0 aromatic carbocycles. The van der Waals surface area contributed by atoms with E-state index in [0.717, 1.165) is 19.3 Å². The summed E-state index contributed by atoms with van der Waals surface area (Å²) in [4.78, 5) is 0. The van der Waals surface area contributed by atoms with E-state index in [-0.39, 0.29) is 22.7 Å². The van der Waals surface area contributed by atoms with E-state index in [9.17, 15) is 20.4 Å². The highest BCUT2D eigenvalue weighted by Gasteiger charge is 2.62. The monoisotopic (exact) mass is 450 g/mol. The summed E-state index contributed by atoms with van der Waals surface area (Å²) in [6.45, 7) is 13.4. The van der Waals surface area contributed by atoms with E-state index in [4.69, 9.17) is 0 Å². The second kappa shape index (κ2) is 8.81. The average Bonchev–Trinajstić information content (AvgIpc) is 3.09. The fourth-order valence-electron chi connectivity index (χ4n) is 9.43. The van der Waals surface area contributed by atoms with Crippen molar-refractivity contribution in [2.75, 3.05) is 0 Å². The third kappa shape index (κ3) is 3.80. The number of hydrogen-bond donors (Lipinski definition) is 4. The minimum absolute atomic E-state index is 0.0940. The van der Waals surface area contributed by atoms with Crippen LogP contribution < -0.4 is 0 Å². The van der Waals surface area contributed by atoms with Crippen LogP contribution in [0.1, 0.15) is 92.9 Å². The molecule has 0 saturated heterocycles. The molecule has 0 aliphatic heterocycles. The van der Waals surface area contributed by atoms with Crippen molar-refractivity contribution in [2.24, 2.45) is 58.2 Å². The first-order chi connectivity index (χ1) is 14.9. The Balaban J connectivity index is 1.52. The molecular formula is C28H50O4. The van der Waals surface area contributed by atoms with E-state index in [1.165, 1.54) is 32.1 Å². The van der Waals surface area contributed by atoms with Gasteiger partial charge in [0.15, 0.2) is 0 Å². The highest BCUT2D eigenvalue weighted by Crippen LogP contribution is 2.68. The van der Waals surface area contributed by atoms with Gasteiger partial charge in [0, 0.05) is 0 Å². The summed E-state index contributed by atoms with van der Waals surface area (Å²) < 4.78 is 0. The third-order valence-electron chi connectivity index (χ3n) is 11.9. The van der Waals surface area contributed by atoms with Crippen molar-refractivity contribution in [3.8, 4) is 0 Å². The molecule has 4 saturated carbocycles. The Bertz CT molecular complexity index is 666. The van der Waals surface area contributed by atoms with Gasteiger partial charge >= 0.3 is 0 Å². The summed E-state index contributed by atoms with van der Waals surface area (Å²) in [5.41, 5.74) is 0.382. The van der Waals surface area contributed by atoms with E-state index >= 15 is 0 Å². The van der Waals surface area contributed by atoms with Crippen LogP contribution >= 0.6 is 0 Å². The predicted octanol–water partition coefficient (Wildman–Crippen LogP) is 4.63. The average molecular weight is 451 g/mol. The van der Waals surface area contributed by atoms with Crippen LogP contribution in [0.25, 0.3) is 0 Å². The van der Waals surface area contributed by atoms with Crippen LogP contribution in [-0.4, -0.2) is 44.8 Å². The van der Waals surface area contributed by atoms with Gasteiger partial charge in [-0.05, 0) is 110 Å². The standard InChI is InChI=1S/C28H50O4/c1-15(2)16(3)25(31)26(32)17(4)20-9-10-21-19-8-7-18-13-23(29)24(30)14-28(18,6)22(19)11-12-27(20,21)5/h15-26,29-32H,7-14H2,1-6H3/t16-,17-,18-,19-,20+,21-,22+,23-,24+,25+,26+,27+,28-/m0/s1. The van der Waals surface area contributed by atoms with E-state index in [0.29, 0.717) is 35.5 Å². The third-order valence-corrected chi connectivity index (χ3v) is 11.9. The number of aliphatic hydroxyl groups is 4. The SMILES string of the molecule is CC(C)[C@H](C)[C@@H](O)[C@H](O)[C@@H](C)[C@H]1CC[C@H]2[C@@H]3CC[C@H]4C[C@H](O)[C@H](O)C[C@]4(C)[C@@H]3CC[C@]12C. The quantitative estimate of drug-likeness (QED) is 0.492. The molecule has 4 nitrogen and oxygen atoms in total. The van der Waals surface area contributed by atoms with Gasteiger partial charge in [-0.15, -0.1) is 0 Å². The first-order valence-corrected chi connectivity index (χ1v) is 13.6. The maximum Gasteiger partial charge on any atom is 0.0830 e. The number of hydrogen-bond acceptors (Lipinski definition) is 4. The molecule has 13 atom stereocenters. The molecule has 0 amide bonds. The van der Waals surface area contributed by atoms with Crippen molar-refractivity contribution < 1.29 is 20.4 Å². The second-order valence-electron chi connectivity index (χ2n) is 13.4. The topological polar surface area (TPSA) is 80.9 Å². The minimum Gasteiger partial charge on any atom is -0.390 e. The fraction of sp³-hybridized carbons (Fsp3) is 1.00. The number of rotatable bonds is 5. The van der Waals surface area contributed by atoms with Crippen molar-refractivity contribution >= 4 is 0 Å². The van der Waals surface area contributed by atoms with Crippen molar-refractivity contribution in [1.29, 1.82) is 0 Å². The highest BCUT2D eigenvalue weighted by molar-refractivity contribution is 5.11. The van der Waals surface area contributed by atoms with Gasteiger partial charge in [-0.2, -0.15) is 0 Å². The summed E-state index contributed by atoms with van der Waals surface area (Å²) in [5, 5.41) is 42.8. The lowest BCUT2D eigenvalue weighted by molar-refractivity contribution is -0.163. The van der Waals surface area contributed by atoms with Crippen LogP contribution in [0.5, 0.6) is 0 Å². The molecule has 32 heavy (non-hydrogen) atoms. The molecule has 4 rings (SSSR count). The van der Waals surface area contributed by atoms with Gasteiger partial charge in [-0.1, -0.05) is 41.5 Å². The normalized spacial score (nSPS) is 50.2. The molecule has 4 heteroatoms. The Kier molecular flexibility index (Phi) is 6.87. The summed E-state index contributed by atoms with van der Waals surface area (Å²) in [6.07, 6.45) is 6.31. The maximum atomic E-state index is 11.2. The van der Waals surface area contributed by atoms with Crippen molar-refractivity contribution in [2.45, 2.75) is 117 Å². The predicted molar refractivity (Wildman–Crippen MR) is 128 cm³/mol. The summed E-state index contributed by atoms with van der Waals surface area (Å²) in [5.74, 6) is 3.59. The van der Waals surface area contributed by atoms with Gasteiger partial charge in [0.2, 0.25) is 0 Å². The minimum atomic E-state index is -0.659. The lowest BCUT2D eigenvalue weighted by Gasteiger charge is -2.61. The lowest BCUT2D eigenvalue weighted by atomic mass is 9.44. The highest BCUT2D eigenvalue weighted by atomic mass is 16.3. The Hall–Kier alpha value is -0.160. The summed E-state index contributed by atoms with van der Waals surface area (Å²) >= 11 is 0. The molecule has 186 valence electrons. The van der Waals surface area contributed by atoms with Crippen molar-refractivity contribution in [3.05, 3.63) is 0 Å². The molecule has 0 aromatic heterocycles. The zero-order valence-corrected chi connectivity index (χ0v) is 21.4. The fourth-order valence-corrected chi connectivity index (χ4v) is 9.43. The van der Waals surface area contributed by atoms with E-state index in [1.54, 1.807) is 0 Å². The Morgan fingerprint density at radius 2 is 1.41 bits per heavy atom. The van der Waals surface area contributed by atoms with Crippen molar-refractivity contribution in [3.63, 3.8) is 0 Å². The van der Waals surface area contributed by atoms with E-state index in [2.05, 4.69) is 41.5 Å². The van der Waals surface area contributed by atoms with Gasteiger partial charge in [0.25, 0.3) is 0 Å². The maximum absolute atomic E-state index is 11.2. The van der Waals surface area contributed by atoms with E-state index < -0.39 is 24.4 Å². The molecule has 0 bridgehead atoms. The van der Waals surface area contributed by atoms with Crippen molar-refractivity contribution in [1.82, 2.24) is 0 Å². The molecular weight excluding hydrogens is 400 g/mol. The molecule has 0 unspecified atom stereocenters. The Morgan fingerprint density at radius 1 is 0.750 bits per heavy atom. The van der Waals surface area contributed by atoms with Gasteiger partial charge in [0.1, 0.15) is 0 Å². The largest absolute Gasteiger partial charge is 0.390 e. The van der Waals surface area contributed by atoms with Crippen LogP contribution in [0.15, 0.2) is 0 Å². The molecule has 0 radical (unpaired) electrons. The zero-order valence-electron chi connectivity index (χ0n) is 21.4. The van der Waals surface area contributed by atoms with E-state index in [1.807, 2.05) is 0 Å². The zero-order chi connectivity index (χ0) is 23.6. The van der Waals surface area contributed by atoms with Crippen LogP contribution in [0.3, 0.4) is 0 Å². The first-order valence-electron chi connectivity index (χ1n) is 13.6. The number of fused-ring (bicyclic) bond motifs is 5. The molecule has 4 aliphatic rings. The molecule has 4 N–H and O–H groups in total. The second-order valence-corrected chi connectivity index (χ2v) is 13.4. The van der Waals surface area contributed by atoms with Gasteiger partial charge in [-0.25, -0.2) is 0 Å². The molecule has 4 aliphatic carbocycles. The van der Waals surface area contributed by atoms with Crippen LogP contribution in [0, 0.1) is 58.2 Å². The molecule has 4 fully saturated rings. The van der Waals surface area contributed by atoms with Gasteiger partial charge < -0.3 is 20.4 Å². The van der Waals surface area contributed by atoms with Gasteiger partial charge in [-0.3, -0.25) is 0 Å². The summed E-state index contributed by atoms with van der Waals surface area (Å²) in [6, 6.07) is 0. The van der Waals surface area contributed by atoms with Crippen LogP contribution in [0.2, 0.25) is 0 Å². The molecule has 0 spiro atoms.